The standard InChI is InChI=1S/C23H29N3O3/c1-4-29-21-11-6-5-9-19(21)23(28)26-14-12-25(13-15-26)16-22(27)24-20-10-7-8-17(2)18(20)3/h5-11H,4,12-16H2,1-3H3,(H,24,27). The van der Waals surface area contributed by atoms with E-state index < -0.39 is 0 Å². The maximum absolute atomic E-state index is 12.9. The summed E-state index contributed by atoms with van der Waals surface area (Å²) >= 11 is 0. The maximum atomic E-state index is 12.9. The van der Waals surface area contributed by atoms with Crippen molar-refractivity contribution in [2.75, 3.05) is 44.6 Å². The number of carbonyl (C=O) groups excluding carboxylic acids is 2. The average molecular weight is 396 g/mol. The van der Waals surface area contributed by atoms with E-state index in [0.29, 0.717) is 50.6 Å². The minimum Gasteiger partial charge on any atom is -0.493 e. The first kappa shape index (κ1) is 20.9. The predicted octanol–water partition coefficient (Wildman–Crippen LogP) is 3.10. The summed E-state index contributed by atoms with van der Waals surface area (Å²) in [5.41, 5.74) is 3.69. The van der Waals surface area contributed by atoms with Gasteiger partial charge >= 0.3 is 0 Å². The highest BCUT2D eigenvalue weighted by Crippen LogP contribution is 2.21. The molecule has 0 radical (unpaired) electrons. The molecule has 1 N–H and O–H groups in total. The second-order valence-electron chi connectivity index (χ2n) is 7.29. The van der Waals surface area contributed by atoms with Crippen molar-refractivity contribution in [3.05, 3.63) is 59.2 Å². The van der Waals surface area contributed by atoms with Crippen LogP contribution in [0.2, 0.25) is 0 Å². The van der Waals surface area contributed by atoms with Gasteiger partial charge in [-0.3, -0.25) is 14.5 Å². The highest BCUT2D eigenvalue weighted by atomic mass is 16.5. The smallest absolute Gasteiger partial charge is 0.257 e. The van der Waals surface area contributed by atoms with Crippen LogP contribution in [-0.4, -0.2) is 60.9 Å². The molecule has 6 heteroatoms. The molecule has 2 aromatic carbocycles. The molecule has 0 aliphatic carbocycles. The topological polar surface area (TPSA) is 61.9 Å². The summed E-state index contributed by atoms with van der Waals surface area (Å²) in [4.78, 5) is 29.2. The second-order valence-corrected chi connectivity index (χ2v) is 7.29. The van der Waals surface area contributed by atoms with Crippen LogP contribution in [0.25, 0.3) is 0 Å². The zero-order chi connectivity index (χ0) is 20.8. The Morgan fingerprint density at radius 1 is 1.00 bits per heavy atom. The summed E-state index contributed by atoms with van der Waals surface area (Å²) in [6, 6.07) is 13.2. The lowest BCUT2D eigenvalue weighted by molar-refractivity contribution is -0.117. The first-order valence-corrected chi connectivity index (χ1v) is 10.1. The van der Waals surface area contributed by atoms with Gasteiger partial charge in [-0.25, -0.2) is 0 Å². The molecule has 2 amide bonds. The third kappa shape index (κ3) is 5.15. The average Bonchev–Trinajstić information content (AvgIpc) is 2.72. The molecule has 154 valence electrons. The van der Waals surface area contributed by atoms with E-state index in [2.05, 4.69) is 10.2 Å². The number of benzene rings is 2. The quantitative estimate of drug-likeness (QED) is 0.817. The molecular weight excluding hydrogens is 366 g/mol. The summed E-state index contributed by atoms with van der Waals surface area (Å²) in [7, 11) is 0. The fraction of sp³-hybridized carbons (Fsp3) is 0.391. The Morgan fingerprint density at radius 3 is 2.45 bits per heavy atom. The van der Waals surface area contributed by atoms with Crippen LogP contribution in [0.1, 0.15) is 28.4 Å². The van der Waals surface area contributed by atoms with Crippen molar-refractivity contribution >= 4 is 17.5 Å². The normalized spacial score (nSPS) is 14.5. The molecule has 2 aromatic rings. The number of aryl methyl sites for hydroxylation is 1. The zero-order valence-corrected chi connectivity index (χ0v) is 17.4. The van der Waals surface area contributed by atoms with Crippen LogP contribution in [0.3, 0.4) is 0 Å². The van der Waals surface area contributed by atoms with Gasteiger partial charge in [0.2, 0.25) is 5.91 Å². The first-order chi connectivity index (χ1) is 14.0. The summed E-state index contributed by atoms with van der Waals surface area (Å²) in [5.74, 6) is 0.573. The molecule has 0 spiro atoms. The summed E-state index contributed by atoms with van der Waals surface area (Å²) < 4.78 is 5.59. The molecule has 1 fully saturated rings. The Hall–Kier alpha value is -2.86. The van der Waals surface area contributed by atoms with Crippen LogP contribution in [0.15, 0.2) is 42.5 Å². The number of rotatable bonds is 6. The number of amides is 2. The monoisotopic (exact) mass is 395 g/mol. The van der Waals surface area contributed by atoms with Gasteiger partial charge in [0.05, 0.1) is 18.7 Å². The highest BCUT2D eigenvalue weighted by Gasteiger charge is 2.25. The van der Waals surface area contributed by atoms with Crippen molar-refractivity contribution in [3.63, 3.8) is 0 Å². The van der Waals surface area contributed by atoms with Crippen LogP contribution in [-0.2, 0) is 4.79 Å². The Labute approximate surface area is 172 Å². The lowest BCUT2D eigenvalue weighted by Crippen LogP contribution is -2.50. The minimum absolute atomic E-state index is 0.0199. The van der Waals surface area contributed by atoms with Crippen LogP contribution >= 0.6 is 0 Å². The van der Waals surface area contributed by atoms with Gasteiger partial charge in [0.25, 0.3) is 5.91 Å². The number of anilines is 1. The lowest BCUT2D eigenvalue weighted by atomic mass is 10.1. The molecule has 0 saturated carbocycles. The zero-order valence-electron chi connectivity index (χ0n) is 17.4. The number of carbonyl (C=O) groups is 2. The lowest BCUT2D eigenvalue weighted by Gasteiger charge is -2.34. The van der Waals surface area contributed by atoms with E-state index in [0.717, 1.165) is 16.8 Å². The Bertz CT molecular complexity index is 873. The fourth-order valence-electron chi connectivity index (χ4n) is 3.48. The summed E-state index contributed by atoms with van der Waals surface area (Å²) in [5, 5.41) is 3.00. The molecule has 1 heterocycles. The summed E-state index contributed by atoms with van der Waals surface area (Å²) in [6.45, 7) is 9.32. The van der Waals surface area contributed by atoms with E-state index >= 15 is 0 Å². The first-order valence-electron chi connectivity index (χ1n) is 10.1. The molecule has 3 rings (SSSR count). The van der Waals surface area contributed by atoms with Crippen LogP contribution < -0.4 is 10.1 Å². The van der Waals surface area contributed by atoms with Gasteiger partial charge in [-0.05, 0) is 50.1 Å². The van der Waals surface area contributed by atoms with Gasteiger partial charge in [0, 0.05) is 31.9 Å². The molecule has 6 nitrogen and oxygen atoms in total. The number of para-hydroxylation sites is 1. The Morgan fingerprint density at radius 2 is 1.72 bits per heavy atom. The van der Waals surface area contributed by atoms with Gasteiger partial charge in [0.1, 0.15) is 5.75 Å². The largest absolute Gasteiger partial charge is 0.493 e. The van der Waals surface area contributed by atoms with E-state index in [4.69, 9.17) is 4.74 Å². The number of hydrogen-bond acceptors (Lipinski definition) is 4. The third-order valence-electron chi connectivity index (χ3n) is 5.32. The van der Waals surface area contributed by atoms with E-state index in [-0.39, 0.29) is 11.8 Å². The molecule has 29 heavy (non-hydrogen) atoms. The number of nitrogens with zero attached hydrogens (tertiary/aromatic N) is 2. The van der Waals surface area contributed by atoms with Crippen molar-refractivity contribution in [3.8, 4) is 5.75 Å². The molecule has 1 aliphatic rings. The van der Waals surface area contributed by atoms with Crippen molar-refractivity contribution in [1.29, 1.82) is 0 Å². The third-order valence-corrected chi connectivity index (χ3v) is 5.32. The van der Waals surface area contributed by atoms with E-state index in [1.54, 1.807) is 6.07 Å². The number of hydrogen-bond donors (Lipinski definition) is 1. The highest BCUT2D eigenvalue weighted by molar-refractivity contribution is 5.97. The Balaban J connectivity index is 1.53. The van der Waals surface area contributed by atoms with Crippen LogP contribution in [0.5, 0.6) is 5.75 Å². The molecule has 0 aromatic heterocycles. The number of nitrogens with one attached hydrogen (secondary N) is 1. The van der Waals surface area contributed by atoms with E-state index in [1.807, 2.05) is 62.1 Å². The van der Waals surface area contributed by atoms with Crippen molar-refractivity contribution in [2.24, 2.45) is 0 Å². The predicted molar refractivity (Wildman–Crippen MR) is 115 cm³/mol. The number of piperazine rings is 1. The van der Waals surface area contributed by atoms with Gasteiger partial charge < -0.3 is 15.0 Å². The molecule has 1 saturated heterocycles. The second kappa shape index (κ2) is 9.56. The van der Waals surface area contributed by atoms with Gasteiger partial charge in [-0.1, -0.05) is 24.3 Å². The van der Waals surface area contributed by atoms with Gasteiger partial charge in [-0.15, -0.1) is 0 Å². The van der Waals surface area contributed by atoms with Crippen molar-refractivity contribution in [1.82, 2.24) is 9.80 Å². The molecular formula is C23H29N3O3. The van der Waals surface area contributed by atoms with Crippen molar-refractivity contribution < 1.29 is 14.3 Å². The van der Waals surface area contributed by atoms with Gasteiger partial charge in [0.15, 0.2) is 0 Å². The summed E-state index contributed by atoms with van der Waals surface area (Å²) in [6.07, 6.45) is 0. The minimum atomic E-state index is -0.0276. The molecule has 0 unspecified atom stereocenters. The van der Waals surface area contributed by atoms with Crippen molar-refractivity contribution in [2.45, 2.75) is 20.8 Å². The molecule has 0 bridgehead atoms. The SMILES string of the molecule is CCOc1ccccc1C(=O)N1CCN(CC(=O)Nc2cccc(C)c2C)CC1. The van der Waals surface area contributed by atoms with Gasteiger partial charge in [-0.2, -0.15) is 0 Å². The molecule has 1 aliphatic heterocycles. The van der Waals surface area contributed by atoms with Crippen LogP contribution in [0, 0.1) is 13.8 Å². The maximum Gasteiger partial charge on any atom is 0.257 e. The fourth-order valence-corrected chi connectivity index (χ4v) is 3.48. The Kier molecular flexibility index (Phi) is 6.88. The van der Waals surface area contributed by atoms with E-state index in [1.165, 1.54) is 0 Å². The van der Waals surface area contributed by atoms with Crippen LogP contribution in [0.4, 0.5) is 5.69 Å². The number of ether oxygens (including phenoxy) is 1. The molecule has 0 atom stereocenters. The van der Waals surface area contributed by atoms with E-state index in [9.17, 15) is 9.59 Å².